The molecule has 0 spiro atoms. The average Bonchev–Trinajstić information content (AvgIpc) is 3.20. The van der Waals surface area contributed by atoms with Crippen LogP contribution in [0.1, 0.15) is 21.1 Å². The predicted molar refractivity (Wildman–Crippen MR) is 87.6 cm³/mol. The Morgan fingerprint density at radius 2 is 2.09 bits per heavy atom. The van der Waals surface area contributed by atoms with Crippen molar-refractivity contribution in [1.29, 1.82) is 0 Å². The lowest BCUT2D eigenvalue weighted by atomic mass is 10.2. The number of thiophene rings is 1. The molecule has 22 heavy (non-hydrogen) atoms. The van der Waals surface area contributed by atoms with Crippen molar-refractivity contribution in [3.05, 3.63) is 58.1 Å². The Balaban J connectivity index is 1.65. The number of amides is 1. The van der Waals surface area contributed by atoms with E-state index in [1.807, 2.05) is 35.9 Å². The van der Waals surface area contributed by atoms with Crippen LogP contribution in [0.3, 0.4) is 0 Å². The van der Waals surface area contributed by atoms with E-state index in [9.17, 15) is 4.79 Å². The molecule has 0 saturated carbocycles. The molecule has 1 aromatic carbocycles. The molecule has 3 aromatic rings. The van der Waals surface area contributed by atoms with Gasteiger partial charge in [-0.1, -0.05) is 11.2 Å². The molecule has 112 valence electrons. The maximum Gasteiger partial charge on any atom is 0.322 e. The molecule has 1 N–H and O–H groups in total. The van der Waals surface area contributed by atoms with E-state index >= 15 is 0 Å². The standard InChI is InChI=1S/C15H13N3O2S2/c1-21-11-6-4-10(5-7-11)14(19)16-15-18-17-13(20-15)9-12-3-2-8-22-12/h2-8H,9H2,1H3,(H,16,18,19). The number of carbonyl (C=O) groups excluding carboxylic acids is 1. The lowest BCUT2D eigenvalue weighted by Gasteiger charge is -2.01. The summed E-state index contributed by atoms with van der Waals surface area (Å²) in [6.07, 6.45) is 2.56. The molecular weight excluding hydrogens is 318 g/mol. The molecule has 5 nitrogen and oxygen atoms in total. The third kappa shape index (κ3) is 3.55. The van der Waals surface area contributed by atoms with Crippen LogP contribution in [0.25, 0.3) is 0 Å². The first-order valence-corrected chi connectivity index (χ1v) is 8.65. The number of nitrogens with zero attached hydrogens (tertiary/aromatic N) is 2. The summed E-state index contributed by atoms with van der Waals surface area (Å²) in [6.45, 7) is 0. The van der Waals surface area contributed by atoms with Crippen LogP contribution in [-0.2, 0) is 6.42 Å². The van der Waals surface area contributed by atoms with Crippen LogP contribution in [0.2, 0.25) is 0 Å². The number of hydrogen-bond acceptors (Lipinski definition) is 6. The predicted octanol–water partition coefficient (Wildman–Crippen LogP) is 3.70. The number of hydrogen-bond donors (Lipinski definition) is 1. The smallest absolute Gasteiger partial charge is 0.322 e. The van der Waals surface area contributed by atoms with Gasteiger partial charge in [-0.05, 0) is 42.0 Å². The van der Waals surface area contributed by atoms with Gasteiger partial charge in [0.15, 0.2) is 0 Å². The quantitative estimate of drug-likeness (QED) is 0.722. The molecule has 0 aliphatic heterocycles. The number of anilines is 1. The fourth-order valence-corrected chi connectivity index (χ4v) is 2.95. The van der Waals surface area contributed by atoms with E-state index in [1.54, 1.807) is 35.2 Å². The summed E-state index contributed by atoms with van der Waals surface area (Å²) >= 11 is 3.25. The van der Waals surface area contributed by atoms with Gasteiger partial charge in [-0.15, -0.1) is 28.2 Å². The summed E-state index contributed by atoms with van der Waals surface area (Å²) < 4.78 is 5.44. The Morgan fingerprint density at radius 1 is 1.27 bits per heavy atom. The van der Waals surface area contributed by atoms with Crippen molar-refractivity contribution in [3.8, 4) is 0 Å². The summed E-state index contributed by atoms with van der Waals surface area (Å²) in [5.41, 5.74) is 0.552. The van der Waals surface area contributed by atoms with Crippen molar-refractivity contribution < 1.29 is 9.21 Å². The van der Waals surface area contributed by atoms with E-state index in [0.717, 1.165) is 9.77 Å². The third-order valence-electron chi connectivity index (χ3n) is 2.95. The fourth-order valence-electron chi connectivity index (χ4n) is 1.85. The zero-order valence-electron chi connectivity index (χ0n) is 11.8. The van der Waals surface area contributed by atoms with E-state index in [-0.39, 0.29) is 11.9 Å². The summed E-state index contributed by atoms with van der Waals surface area (Å²) in [6, 6.07) is 11.4. The highest BCUT2D eigenvalue weighted by molar-refractivity contribution is 7.98. The van der Waals surface area contributed by atoms with Gasteiger partial charge in [0.1, 0.15) is 0 Å². The Hall–Kier alpha value is -2.12. The summed E-state index contributed by atoms with van der Waals surface area (Å²) in [5, 5.41) is 12.4. The van der Waals surface area contributed by atoms with E-state index in [2.05, 4.69) is 15.5 Å². The van der Waals surface area contributed by atoms with Crippen LogP contribution >= 0.6 is 23.1 Å². The number of aromatic nitrogens is 2. The second kappa shape index (κ2) is 6.76. The van der Waals surface area contributed by atoms with Gasteiger partial charge in [0.05, 0.1) is 6.42 Å². The van der Waals surface area contributed by atoms with Crippen molar-refractivity contribution in [3.63, 3.8) is 0 Å². The van der Waals surface area contributed by atoms with Crippen LogP contribution in [0.4, 0.5) is 6.01 Å². The minimum absolute atomic E-state index is 0.116. The van der Waals surface area contributed by atoms with Crippen molar-refractivity contribution in [2.24, 2.45) is 0 Å². The highest BCUT2D eigenvalue weighted by Gasteiger charge is 2.12. The summed E-state index contributed by atoms with van der Waals surface area (Å²) in [4.78, 5) is 14.3. The molecule has 0 fully saturated rings. The van der Waals surface area contributed by atoms with Gasteiger partial charge in [0.25, 0.3) is 5.91 Å². The van der Waals surface area contributed by atoms with Gasteiger partial charge < -0.3 is 4.42 Å². The molecule has 2 heterocycles. The molecule has 7 heteroatoms. The monoisotopic (exact) mass is 331 g/mol. The Kier molecular flexibility index (Phi) is 4.55. The second-order valence-corrected chi connectivity index (χ2v) is 6.35. The molecule has 0 unspecified atom stereocenters. The topological polar surface area (TPSA) is 68.0 Å². The second-order valence-electron chi connectivity index (χ2n) is 4.44. The van der Waals surface area contributed by atoms with E-state index in [1.165, 1.54) is 0 Å². The summed E-state index contributed by atoms with van der Waals surface area (Å²) in [7, 11) is 0. The van der Waals surface area contributed by atoms with Gasteiger partial charge in [-0.3, -0.25) is 10.1 Å². The number of benzene rings is 1. The van der Waals surface area contributed by atoms with Crippen LogP contribution in [0, 0.1) is 0 Å². The number of carbonyl (C=O) groups is 1. The average molecular weight is 331 g/mol. The van der Waals surface area contributed by atoms with Crippen LogP contribution in [-0.4, -0.2) is 22.4 Å². The van der Waals surface area contributed by atoms with Gasteiger partial charge in [0.2, 0.25) is 5.89 Å². The molecular formula is C15H13N3O2S2. The number of rotatable bonds is 5. The normalized spacial score (nSPS) is 10.6. The molecule has 0 bridgehead atoms. The molecule has 0 saturated heterocycles. The third-order valence-corrected chi connectivity index (χ3v) is 4.57. The molecule has 2 aromatic heterocycles. The van der Waals surface area contributed by atoms with Crippen LogP contribution in [0.15, 0.2) is 51.1 Å². The zero-order valence-corrected chi connectivity index (χ0v) is 13.4. The van der Waals surface area contributed by atoms with E-state index in [4.69, 9.17) is 4.42 Å². The first-order chi connectivity index (χ1) is 10.7. The van der Waals surface area contributed by atoms with Crippen molar-refractivity contribution in [2.75, 3.05) is 11.6 Å². The Bertz CT molecular complexity index is 751. The van der Waals surface area contributed by atoms with Gasteiger partial charge >= 0.3 is 6.01 Å². The maximum absolute atomic E-state index is 12.1. The largest absolute Gasteiger partial charge is 0.407 e. The van der Waals surface area contributed by atoms with Crippen molar-refractivity contribution in [1.82, 2.24) is 10.2 Å². The molecule has 3 rings (SSSR count). The van der Waals surface area contributed by atoms with Crippen molar-refractivity contribution in [2.45, 2.75) is 11.3 Å². The molecule has 0 radical (unpaired) electrons. The van der Waals surface area contributed by atoms with Gasteiger partial charge in [0, 0.05) is 15.3 Å². The fraction of sp³-hybridized carbons (Fsp3) is 0.133. The lowest BCUT2D eigenvalue weighted by molar-refractivity contribution is 0.102. The SMILES string of the molecule is CSc1ccc(C(=O)Nc2nnc(Cc3cccs3)o2)cc1. The molecule has 0 aliphatic carbocycles. The molecule has 0 aliphatic rings. The van der Waals surface area contributed by atoms with Crippen LogP contribution < -0.4 is 5.32 Å². The van der Waals surface area contributed by atoms with Gasteiger partial charge in [-0.25, -0.2) is 0 Å². The minimum Gasteiger partial charge on any atom is -0.407 e. The minimum atomic E-state index is -0.265. The van der Waals surface area contributed by atoms with Crippen molar-refractivity contribution >= 4 is 35.0 Å². The molecule has 0 atom stereocenters. The highest BCUT2D eigenvalue weighted by Crippen LogP contribution is 2.17. The van der Waals surface area contributed by atoms with E-state index < -0.39 is 0 Å². The summed E-state index contributed by atoms with van der Waals surface area (Å²) in [5.74, 6) is 0.217. The first-order valence-electron chi connectivity index (χ1n) is 6.55. The number of thioether (sulfide) groups is 1. The first kappa shape index (κ1) is 14.8. The highest BCUT2D eigenvalue weighted by atomic mass is 32.2. The number of nitrogens with one attached hydrogen (secondary N) is 1. The maximum atomic E-state index is 12.1. The Morgan fingerprint density at radius 3 is 2.77 bits per heavy atom. The lowest BCUT2D eigenvalue weighted by Crippen LogP contribution is -2.11. The Labute approximate surface area is 135 Å². The zero-order chi connectivity index (χ0) is 15.4. The molecule has 1 amide bonds. The van der Waals surface area contributed by atoms with Gasteiger partial charge in [-0.2, -0.15) is 0 Å². The van der Waals surface area contributed by atoms with E-state index in [0.29, 0.717) is 17.9 Å². The van der Waals surface area contributed by atoms with Crippen LogP contribution in [0.5, 0.6) is 0 Å².